The van der Waals surface area contributed by atoms with Crippen molar-refractivity contribution in [1.82, 2.24) is 0 Å². The Labute approximate surface area is 158 Å². The molecule has 1 unspecified atom stereocenters. The molecule has 3 heteroatoms. The monoisotopic (exact) mass is 363 g/mol. The Morgan fingerprint density at radius 3 is 2.23 bits per heavy atom. The van der Waals surface area contributed by atoms with Crippen molar-refractivity contribution in [1.29, 1.82) is 0 Å². The van der Waals surface area contributed by atoms with Crippen molar-refractivity contribution >= 4 is 24.9 Å². The summed E-state index contributed by atoms with van der Waals surface area (Å²) in [6.07, 6.45) is 0. The summed E-state index contributed by atoms with van der Waals surface area (Å²) in [4.78, 5) is 2.19. The van der Waals surface area contributed by atoms with Crippen LogP contribution in [0.15, 0.2) is 66.7 Å². The SMILES string of the molecule is Cc1ccc(OCc2ccccc2)c(Pc2ccc(C)cc2N(C)C)c1. The van der Waals surface area contributed by atoms with Gasteiger partial charge in [0, 0.05) is 30.4 Å². The molecule has 134 valence electrons. The molecule has 0 aliphatic rings. The first-order valence-electron chi connectivity index (χ1n) is 8.85. The molecule has 0 amide bonds. The molecule has 1 atom stereocenters. The van der Waals surface area contributed by atoms with E-state index in [1.165, 1.54) is 33.0 Å². The van der Waals surface area contributed by atoms with Gasteiger partial charge in [0.2, 0.25) is 0 Å². The fourth-order valence-electron chi connectivity index (χ4n) is 2.87. The molecule has 0 saturated carbocycles. The number of aryl methyl sites for hydroxylation is 2. The number of anilines is 1. The van der Waals surface area contributed by atoms with E-state index in [2.05, 4.69) is 81.4 Å². The Balaban J connectivity index is 1.87. The zero-order valence-electron chi connectivity index (χ0n) is 15.9. The summed E-state index contributed by atoms with van der Waals surface area (Å²) in [5, 5.41) is 2.60. The van der Waals surface area contributed by atoms with E-state index in [4.69, 9.17) is 4.74 Å². The van der Waals surface area contributed by atoms with Crippen LogP contribution < -0.4 is 20.2 Å². The van der Waals surface area contributed by atoms with Crippen molar-refractivity contribution in [3.05, 3.63) is 83.4 Å². The Morgan fingerprint density at radius 1 is 0.808 bits per heavy atom. The normalized spacial score (nSPS) is 11.1. The molecular formula is C23H26NOP. The van der Waals surface area contributed by atoms with Crippen LogP contribution in [0.25, 0.3) is 0 Å². The maximum atomic E-state index is 6.17. The van der Waals surface area contributed by atoms with E-state index in [-0.39, 0.29) is 0 Å². The summed E-state index contributed by atoms with van der Waals surface area (Å²) in [7, 11) is 4.77. The Bertz CT molecular complexity index is 875. The maximum Gasteiger partial charge on any atom is 0.127 e. The number of rotatable bonds is 6. The van der Waals surface area contributed by atoms with Gasteiger partial charge < -0.3 is 9.64 Å². The van der Waals surface area contributed by atoms with Crippen molar-refractivity contribution in [2.75, 3.05) is 19.0 Å². The minimum atomic E-state index is 0.561. The van der Waals surface area contributed by atoms with Crippen molar-refractivity contribution in [2.45, 2.75) is 20.5 Å². The average molecular weight is 363 g/mol. The van der Waals surface area contributed by atoms with Gasteiger partial charge in [0.1, 0.15) is 12.4 Å². The van der Waals surface area contributed by atoms with Crippen molar-refractivity contribution in [3.8, 4) is 5.75 Å². The molecule has 3 aromatic carbocycles. The second-order valence-electron chi connectivity index (χ2n) is 6.81. The van der Waals surface area contributed by atoms with Gasteiger partial charge in [-0.05, 0) is 43.2 Å². The lowest BCUT2D eigenvalue weighted by Gasteiger charge is -2.19. The van der Waals surface area contributed by atoms with Crippen LogP contribution in [0, 0.1) is 13.8 Å². The summed E-state index contributed by atoms with van der Waals surface area (Å²) in [6, 6.07) is 23.5. The van der Waals surface area contributed by atoms with Crippen LogP contribution >= 0.6 is 8.58 Å². The smallest absolute Gasteiger partial charge is 0.127 e. The summed E-state index contributed by atoms with van der Waals surface area (Å²) in [6.45, 7) is 4.87. The highest BCUT2D eigenvalue weighted by molar-refractivity contribution is 7.56. The van der Waals surface area contributed by atoms with E-state index in [0.717, 1.165) is 5.75 Å². The number of benzene rings is 3. The van der Waals surface area contributed by atoms with E-state index in [0.29, 0.717) is 15.2 Å². The predicted octanol–water partition coefficient (Wildman–Crippen LogP) is 4.58. The van der Waals surface area contributed by atoms with Gasteiger partial charge in [0.25, 0.3) is 0 Å². The molecular weight excluding hydrogens is 337 g/mol. The van der Waals surface area contributed by atoms with Crippen molar-refractivity contribution < 1.29 is 4.74 Å². The van der Waals surface area contributed by atoms with Crippen LogP contribution in [-0.2, 0) is 6.61 Å². The van der Waals surface area contributed by atoms with Crippen molar-refractivity contribution in [3.63, 3.8) is 0 Å². The molecule has 3 aromatic rings. The summed E-state index contributed by atoms with van der Waals surface area (Å²) in [5.41, 5.74) is 5.01. The zero-order valence-corrected chi connectivity index (χ0v) is 16.9. The molecule has 26 heavy (non-hydrogen) atoms. The van der Waals surface area contributed by atoms with Gasteiger partial charge in [0.05, 0.1) is 0 Å². The molecule has 0 aromatic heterocycles. The lowest BCUT2D eigenvalue weighted by atomic mass is 10.2. The highest BCUT2D eigenvalue weighted by Gasteiger charge is 2.11. The number of hydrogen-bond acceptors (Lipinski definition) is 2. The quantitative estimate of drug-likeness (QED) is 0.595. The molecule has 0 spiro atoms. The van der Waals surface area contributed by atoms with Gasteiger partial charge >= 0.3 is 0 Å². The lowest BCUT2D eigenvalue weighted by molar-refractivity contribution is 0.309. The summed E-state index contributed by atoms with van der Waals surface area (Å²) >= 11 is 0. The van der Waals surface area contributed by atoms with Gasteiger partial charge in [-0.15, -0.1) is 0 Å². The molecule has 3 rings (SSSR count). The minimum Gasteiger partial charge on any atom is -0.488 e. The number of nitrogens with zero attached hydrogens (tertiary/aromatic N) is 1. The topological polar surface area (TPSA) is 12.5 Å². The lowest BCUT2D eigenvalue weighted by Crippen LogP contribution is -2.18. The molecule has 0 fully saturated rings. The molecule has 0 saturated heterocycles. The third-order valence-electron chi connectivity index (χ3n) is 4.28. The maximum absolute atomic E-state index is 6.17. The van der Waals surface area contributed by atoms with E-state index >= 15 is 0 Å². The number of ether oxygens (including phenoxy) is 1. The first-order valence-corrected chi connectivity index (χ1v) is 9.85. The van der Waals surface area contributed by atoms with Crippen LogP contribution in [-0.4, -0.2) is 14.1 Å². The Kier molecular flexibility index (Phi) is 5.96. The van der Waals surface area contributed by atoms with Gasteiger partial charge in [-0.25, -0.2) is 0 Å². The molecule has 0 aliphatic carbocycles. The number of hydrogen-bond donors (Lipinski definition) is 0. The van der Waals surface area contributed by atoms with Gasteiger partial charge in [-0.1, -0.05) is 62.7 Å². The van der Waals surface area contributed by atoms with E-state index in [9.17, 15) is 0 Å². The molecule has 0 N–H and O–H groups in total. The van der Waals surface area contributed by atoms with Crippen LogP contribution in [0.2, 0.25) is 0 Å². The van der Waals surface area contributed by atoms with E-state index in [1.807, 2.05) is 18.2 Å². The highest BCUT2D eigenvalue weighted by Crippen LogP contribution is 2.26. The average Bonchev–Trinajstić information content (AvgIpc) is 2.63. The van der Waals surface area contributed by atoms with E-state index < -0.39 is 0 Å². The van der Waals surface area contributed by atoms with Crippen LogP contribution in [0.3, 0.4) is 0 Å². The fraction of sp³-hybridized carbons (Fsp3) is 0.217. The van der Waals surface area contributed by atoms with Gasteiger partial charge in [-0.2, -0.15) is 0 Å². The second-order valence-corrected chi connectivity index (χ2v) is 8.14. The molecule has 0 heterocycles. The summed E-state index contributed by atoms with van der Waals surface area (Å²) < 4.78 is 6.17. The standard InChI is InChI=1S/C23H26NOP/c1-17-11-13-22(20(14-17)24(3)4)26-23-15-18(2)10-12-21(23)25-16-19-8-6-5-7-9-19/h5-15,26H,16H2,1-4H3. The summed E-state index contributed by atoms with van der Waals surface area (Å²) in [5.74, 6) is 0.975. The van der Waals surface area contributed by atoms with E-state index in [1.54, 1.807) is 0 Å². The highest BCUT2D eigenvalue weighted by atomic mass is 31.1. The van der Waals surface area contributed by atoms with Gasteiger partial charge in [0.15, 0.2) is 0 Å². The Hall–Kier alpha value is -2.31. The van der Waals surface area contributed by atoms with Crippen LogP contribution in [0.4, 0.5) is 5.69 Å². The van der Waals surface area contributed by atoms with Crippen LogP contribution in [0.5, 0.6) is 5.75 Å². The fourth-order valence-corrected chi connectivity index (χ4v) is 4.32. The van der Waals surface area contributed by atoms with Gasteiger partial charge in [-0.3, -0.25) is 0 Å². The molecule has 0 aliphatic heterocycles. The first kappa shape index (κ1) is 18.5. The largest absolute Gasteiger partial charge is 0.488 e. The molecule has 0 bridgehead atoms. The first-order chi connectivity index (χ1) is 12.5. The Morgan fingerprint density at radius 2 is 1.50 bits per heavy atom. The predicted molar refractivity (Wildman–Crippen MR) is 115 cm³/mol. The third-order valence-corrected chi connectivity index (χ3v) is 5.63. The molecule has 0 radical (unpaired) electrons. The second kappa shape index (κ2) is 8.38. The zero-order chi connectivity index (χ0) is 18.5. The molecule has 2 nitrogen and oxygen atoms in total. The van der Waals surface area contributed by atoms with Crippen LogP contribution in [0.1, 0.15) is 16.7 Å². The van der Waals surface area contributed by atoms with Crippen molar-refractivity contribution in [2.24, 2.45) is 0 Å². The third kappa shape index (κ3) is 4.65. The minimum absolute atomic E-state index is 0.561.